The van der Waals surface area contributed by atoms with Crippen LogP contribution in [0, 0.1) is 24.6 Å². The van der Waals surface area contributed by atoms with Crippen molar-refractivity contribution >= 4 is 5.97 Å². The lowest BCUT2D eigenvalue weighted by Gasteiger charge is -2.23. The maximum Gasteiger partial charge on any atom is 0.338 e. The molecule has 0 aliphatic carbocycles. The van der Waals surface area contributed by atoms with Crippen molar-refractivity contribution in [2.75, 3.05) is 0 Å². The maximum atomic E-state index is 14.4. The Morgan fingerprint density at radius 1 is 0.943 bits per heavy atom. The summed E-state index contributed by atoms with van der Waals surface area (Å²) in [6.07, 6.45) is 2.13. The van der Waals surface area contributed by atoms with E-state index in [1.165, 1.54) is 12.1 Å². The van der Waals surface area contributed by atoms with Gasteiger partial charge in [-0.2, -0.15) is 4.91 Å². The van der Waals surface area contributed by atoms with Crippen LogP contribution in [0.4, 0.5) is 4.39 Å². The van der Waals surface area contributed by atoms with Crippen LogP contribution < -0.4 is 0 Å². The topological polar surface area (TPSA) is 79.6 Å². The third-order valence-corrected chi connectivity index (χ3v) is 6.28. The summed E-state index contributed by atoms with van der Waals surface area (Å²) >= 11 is 0. The van der Waals surface area contributed by atoms with Crippen LogP contribution in [0.2, 0.25) is 0 Å². The predicted molar refractivity (Wildman–Crippen MR) is 134 cm³/mol. The van der Waals surface area contributed by atoms with E-state index in [2.05, 4.69) is 10.2 Å². The highest BCUT2D eigenvalue weighted by Crippen LogP contribution is 2.38. The van der Waals surface area contributed by atoms with E-state index in [1.54, 1.807) is 12.3 Å². The van der Waals surface area contributed by atoms with Crippen molar-refractivity contribution in [1.29, 1.82) is 0 Å². The number of nitroso groups, excluding NO2 is 1. The first-order valence-electron chi connectivity index (χ1n) is 11.3. The van der Waals surface area contributed by atoms with E-state index in [0.717, 1.165) is 33.5 Å². The van der Waals surface area contributed by atoms with Gasteiger partial charge in [-0.1, -0.05) is 59.8 Å². The summed E-state index contributed by atoms with van der Waals surface area (Å²) in [5.41, 5.74) is 5.73. The predicted octanol–water partition coefficient (Wildman–Crippen LogP) is 7.23. The molecular formula is C29H25FN2O3. The molecule has 5 nitrogen and oxygen atoms in total. The number of aromatic nitrogens is 1. The van der Waals surface area contributed by atoms with E-state index in [4.69, 9.17) is 5.11 Å². The summed E-state index contributed by atoms with van der Waals surface area (Å²) < 4.78 is 14.4. The molecule has 176 valence electrons. The van der Waals surface area contributed by atoms with Crippen LogP contribution in [0.5, 0.6) is 0 Å². The average Bonchev–Trinajstić information content (AvgIpc) is 2.85. The molecule has 0 aliphatic heterocycles. The largest absolute Gasteiger partial charge is 0.478 e. The molecule has 1 heterocycles. The zero-order valence-electron chi connectivity index (χ0n) is 19.5. The van der Waals surface area contributed by atoms with Gasteiger partial charge in [0.15, 0.2) is 0 Å². The second-order valence-electron chi connectivity index (χ2n) is 8.62. The normalized spacial score (nSPS) is 12.7. The molecule has 6 heteroatoms. The van der Waals surface area contributed by atoms with Gasteiger partial charge in [0.2, 0.25) is 0 Å². The lowest BCUT2D eigenvalue weighted by Crippen LogP contribution is -2.09. The van der Waals surface area contributed by atoms with Gasteiger partial charge in [-0.15, -0.1) is 0 Å². The zero-order chi connectivity index (χ0) is 24.9. The van der Waals surface area contributed by atoms with Crippen LogP contribution in [0.3, 0.4) is 0 Å². The van der Waals surface area contributed by atoms with E-state index in [9.17, 15) is 14.1 Å². The zero-order valence-corrected chi connectivity index (χ0v) is 19.5. The highest BCUT2D eigenvalue weighted by Gasteiger charge is 2.24. The van der Waals surface area contributed by atoms with E-state index in [1.807, 2.05) is 74.5 Å². The molecule has 0 aliphatic rings. The molecule has 2 unspecified atom stereocenters. The molecule has 4 aromatic rings. The number of carboxylic acids is 1. The third-order valence-electron chi connectivity index (χ3n) is 6.28. The maximum absolute atomic E-state index is 14.4. The summed E-state index contributed by atoms with van der Waals surface area (Å²) in [5, 5.41) is 12.6. The molecule has 0 saturated heterocycles. The number of nitrogens with zero attached hydrogens (tertiary/aromatic N) is 2. The molecule has 4 rings (SSSR count). The molecule has 35 heavy (non-hydrogen) atoms. The molecule has 3 aromatic carbocycles. The second-order valence-corrected chi connectivity index (χ2v) is 8.62. The van der Waals surface area contributed by atoms with Crippen LogP contribution in [0.25, 0.3) is 11.1 Å². The fourth-order valence-corrected chi connectivity index (χ4v) is 4.46. The minimum Gasteiger partial charge on any atom is -0.478 e. The van der Waals surface area contributed by atoms with E-state index < -0.39 is 17.8 Å². The molecule has 0 bridgehead atoms. The first-order chi connectivity index (χ1) is 16.9. The van der Waals surface area contributed by atoms with E-state index in [0.29, 0.717) is 12.0 Å². The van der Waals surface area contributed by atoms with Crippen LogP contribution >= 0.6 is 0 Å². The summed E-state index contributed by atoms with van der Waals surface area (Å²) in [7, 11) is 0. The quantitative estimate of drug-likeness (QED) is 0.277. The molecule has 1 aromatic heterocycles. The minimum absolute atomic E-state index is 0.143. The van der Waals surface area contributed by atoms with E-state index in [-0.39, 0.29) is 11.5 Å². The van der Waals surface area contributed by atoms with Gasteiger partial charge in [0.25, 0.3) is 0 Å². The fourth-order valence-electron chi connectivity index (χ4n) is 4.46. The van der Waals surface area contributed by atoms with Gasteiger partial charge in [-0.3, -0.25) is 4.98 Å². The summed E-state index contributed by atoms with van der Waals surface area (Å²) in [4.78, 5) is 27.4. The molecule has 0 saturated carbocycles. The average molecular weight is 469 g/mol. The van der Waals surface area contributed by atoms with Crippen molar-refractivity contribution in [3.63, 3.8) is 0 Å². The molecule has 0 fully saturated rings. The monoisotopic (exact) mass is 468 g/mol. The van der Waals surface area contributed by atoms with Gasteiger partial charge >= 0.3 is 5.97 Å². The Kier molecular flexibility index (Phi) is 7.11. The summed E-state index contributed by atoms with van der Waals surface area (Å²) in [6, 6.07) is 23.0. The molecule has 0 spiro atoms. The number of hydrogen-bond donors (Lipinski definition) is 1. The Morgan fingerprint density at radius 2 is 1.71 bits per heavy atom. The van der Waals surface area contributed by atoms with Crippen molar-refractivity contribution in [1.82, 2.24) is 4.98 Å². The standard InChI is InChI=1S/C29H25FN2O3/c1-18-6-3-4-9-24(18)26(17-28(32-35)23-12-13-31-19(2)14-23)22-8-5-7-20(15-22)21-10-11-25(29(33)34)27(30)16-21/h3-16,26,28H,17H2,1-2H3,(H,33,34). The van der Waals surface area contributed by atoms with Gasteiger partial charge in [0.05, 0.1) is 5.56 Å². The lowest BCUT2D eigenvalue weighted by atomic mass is 9.82. The lowest BCUT2D eigenvalue weighted by molar-refractivity contribution is 0.0692. The Morgan fingerprint density at radius 3 is 2.40 bits per heavy atom. The number of hydrogen-bond acceptors (Lipinski definition) is 4. The Labute approximate surface area is 203 Å². The first-order valence-corrected chi connectivity index (χ1v) is 11.3. The smallest absolute Gasteiger partial charge is 0.338 e. The Hall–Kier alpha value is -4.19. The highest BCUT2D eigenvalue weighted by atomic mass is 19.1. The van der Waals surface area contributed by atoms with E-state index >= 15 is 0 Å². The molecule has 0 radical (unpaired) electrons. The molecule has 1 N–H and O–H groups in total. The molecule has 0 amide bonds. The third kappa shape index (κ3) is 5.32. The number of halogens is 1. The number of aryl methyl sites for hydroxylation is 2. The second kappa shape index (κ2) is 10.4. The van der Waals surface area contributed by atoms with Gasteiger partial charge in [-0.05, 0) is 77.9 Å². The van der Waals surface area contributed by atoms with Crippen molar-refractivity contribution in [3.8, 4) is 11.1 Å². The first kappa shape index (κ1) is 24.0. The fraction of sp³-hybridized carbons (Fsp3) is 0.172. The number of aromatic carboxylic acids is 1. The highest BCUT2D eigenvalue weighted by molar-refractivity contribution is 5.88. The number of benzene rings is 3. The molecule has 2 atom stereocenters. The van der Waals surface area contributed by atoms with Gasteiger partial charge in [-0.25, -0.2) is 9.18 Å². The summed E-state index contributed by atoms with van der Waals surface area (Å²) in [6.45, 7) is 3.91. The van der Waals surface area contributed by atoms with Gasteiger partial charge in [0, 0.05) is 17.8 Å². The Bertz CT molecular complexity index is 1390. The number of carboxylic acid groups (broad SMARTS) is 1. The van der Waals surface area contributed by atoms with Crippen LogP contribution in [0.15, 0.2) is 90.2 Å². The number of carbonyl (C=O) groups is 1. The number of rotatable bonds is 8. The van der Waals surface area contributed by atoms with Crippen LogP contribution in [-0.4, -0.2) is 16.1 Å². The van der Waals surface area contributed by atoms with Crippen molar-refractivity contribution in [2.24, 2.45) is 5.18 Å². The van der Waals surface area contributed by atoms with Crippen LogP contribution in [-0.2, 0) is 0 Å². The van der Waals surface area contributed by atoms with Gasteiger partial charge in [0.1, 0.15) is 11.9 Å². The van der Waals surface area contributed by atoms with Crippen molar-refractivity contribution < 1.29 is 14.3 Å². The van der Waals surface area contributed by atoms with Gasteiger partial charge < -0.3 is 5.11 Å². The number of pyridine rings is 1. The SMILES string of the molecule is Cc1cc(C(CC(c2cccc(-c3ccc(C(=O)O)c(F)c3)c2)c2ccccc2C)N=O)ccn1. The van der Waals surface area contributed by atoms with Crippen molar-refractivity contribution in [3.05, 3.63) is 129 Å². The van der Waals surface area contributed by atoms with Crippen molar-refractivity contribution in [2.45, 2.75) is 32.2 Å². The summed E-state index contributed by atoms with van der Waals surface area (Å²) in [5.74, 6) is -2.23. The van der Waals surface area contributed by atoms with Crippen LogP contribution in [0.1, 0.15) is 56.7 Å². The minimum atomic E-state index is -1.30. The Balaban J connectivity index is 1.77. The molecular weight excluding hydrogens is 443 g/mol.